The maximum atomic E-state index is 12.7. The zero-order chi connectivity index (χ0) is 21.3. The Bertz CT molecular complexity index is 717. The first-order valence-corrected chi connectivity index (χ1v) is 11.7. The van der Waals surface area contributed by atoms with Crippen LogP contribution in [0.15, 0.2) is 29.3 Å². The van der Waals surface area contributed by atoms with Gasteiger partial charge in [0.15, 0.2) is 5.96 Å². The fraction of sp³-hybridized carbons (Fsp3) is 0.652. The Hall–Kier alpha value is -1.79. The van der Waals surface area contributed by atoms with Crippen LogP contribution in [0, 0.1) is 5.92 Å². The van der Waals surface area contributed by atoms with Crippen LogP contribution in [0.25, 0.3) is 0 Å². The molecule has 2 saturated heterocycles. The van der Waals surface area contributed by atoms with E-state index in [1.807, 2.05) is 29.2 Å². The monoisotopic (exact) mass is 433 g/mol. The molecule has 0 aromatic heterocycles. The van der Waals surface area contributed by atoms with E-state index in [0.29, 0.717) is 17.4 Å². The van der Waals surface area contributed by atoms with Crippen molar-refractivity contribution >= 4 is 23.5 Å². The van der Waals surface area contributed by atoms with Gasteiger partial charge in [-0.25, -0.2) is 0 Å². The molecule has 1 atom stereocenters. The minimum atomic E-state index is 0.167. The summed E-state index contributed by atoms with van der Waals surface area (Å²) in [7, 11) is 0. The summed E-state index contributed by atoms with van der Waals surface area (Å²) < 4.78 is 0. The Labute approximate surface area is 186 Å². The number of aliphatic imine (C=N–C) groups is 1. The largest absolute Gasteiger partial charge is 0.357 e. The van der Waals surface area contributed by atoms with Crippen molar-refractivity contribution in [3.8, 4) is 0 Å². The Kier molecular flexibility index (Phi) is 8.82. The third-order valence-electron chi connectivity index (χ3n) is 5.92. The second-order valence-corrected chi connectivity index (χ2v) is 8.76. The van der Waals surface area contributed by atoms with E-state index < -0.39 is 0 Å². The molecular weight excluding hydrogens is 398 g/mol. The summed E-state index contributed by atoms with van der Waals surface area (Å²) in [5.41, 5.74) is 0.971. The number of nitrogens with one attached hydrogen (secondary N) is 1. The molecule has 2 heterocycles. The van der Waals surface area contributed by atoms with Crippen LogP contribution in [-0.4, -0.2) is 85.5 Å². The maximum absolute atomic E-state index is 12.7. The van der Waals surface area contributed by atoms with E-state index in [-0.39, 0.29) is 5.91 Å². The Morgan fingerprint density at radius 3 is 2.63 bits per heavy atom. The number of amides is 1. The molecule has 0 spiro atoms. The van der Waals surface area contributed by atoms with E-state index in [9.17, 15) is 4.79 Å². The van der Waals surface area contributed by atoms with Crippen molar-refractivity contribution in [2.24, 2.45) is 10.9 Å². The molecule has 2 aliphatic heterocycles. The predicted molar refractivity (Wildman–Crippen MR) is 124 cm³/mol. The van der Waals surface area contributed by atoms with Crippen LogP contribution in [0.1, 0.15) is 32.3 Å². The van der Waals surface area contributed by atoms with E-state index >= 15 is 0 Å². The molecule has 1 aromatic carbocycles. The number of piperazine rings is 1. The smallest absolute Gasteiger partial charge is 0.227 e. The second-order valence-electron chi connectivity index (χ2n) is 8.32. The van der Waals surface area contributed by atoms with Crippen LogP contribution < -0.4 is 5.32 Å². The van der Waals surface area contributed by atoms with Gasteiger partial charge in [-0.2, -0.15) is 0 Å². The van der Waals surface area contributed by atoms with Crippen molar-refractivity contribution in [3.05, 3.63) is 34.9 Å². The summed E-state index contributed by atoms with van der Waals surface area (Å²) in [4.78, 5) is 24.4. The highest BCUT2D eigenvalue weighted by molar-refractivity contribution is 6.30. The van der Waals surface area contributed by atoms with Crippen molar-refractivity contribution in [2.45, 2.75) is 33.1 Å². The number of likely N-dealkylation sites (tertiary alicyclic amines) is 1. The van der Waals surface area contributed by atoms with Gasteiger partial charge in [0.05, 0.1) is 6.42 Å². The second kappa shape index (κ2) is 11.6. The van der Waals surface area contributed by atoms with Crippen LogP contribution in [0.5, 0.6) is 0 Å². The lowest BCUT2D eigenvalue weighted by Crippen LogP contribution is -2.54. The summed E-state index contributed by atoms with van der Waals surface area (Å²) >= 11 is 6.04. The summed E-state index contributed by atoms with van der Waals surface area (Å²) in [5.74, 6) is 1.82. The molecule has 6 nitrogen and oxygen atoms in total. The van der Waals surface area contributed by atoms with Crippen LogP contribution in [0.2, 0.25) is 5.02 Å². The Morgan fingerprint density at radius 1 is 1.17 bits per heavy atom. The van der Waals surface area contributed by atoms with Gasteiger partial charge in [-0.1, -0.05) is 30.7 Å². The minimum absolute atomic E-state index is 0.167. The Morgan fingerprint density at radius 2 is 1.93 bits per heavy atom. The van der Waals surface area contributed by atoms with Gasteiger partial charge < -0.3 is 20.0 Å². The van der Waals surface area contributed by atoms with Crippen molar-refractivity contribution in [1.29, 1.82) is 0 Å². The molecule has 0 saturated carbocycles. The van der Waals surface area contributed by atoms with E-state index in [1.54, 1.807) is 0 Å². The number of carbonyl (C=O) groups excluding carboxylic acids is 1. The van der Waals surface area contributed by atoms with Crippen molar-refractivity contribution < 1.29 is 4.79 Å². The molecule has 0 bridgehead atoms. The molecule has 30 heavy (non-hydrogen) atoms. The van der Waals surface area contributed by atoms with Gasteiger partial charge in [-0.05, 0) is 56.5 Å². The topological polar surface area (TPSA) is 51.2 Å². The number of nitrogens with zero attached hydrogens (tertiary/aromatic N) is 4. The number of hydrogen-bond acceptors (Lipinski definition) is 3. The normalized spacial score (nSPS) is 20.6. The summed E-state index contributed by atoms with van der Waals surface area (Å²) in [6.45, 7) is 12.8. The molecule has 7 heteroatoms. The highest BCUT2D eigenvalue weighted by atomic mass is 35.5. The molecule has 1 unspecified atom stereocenters. The highest BCUT2D eigenvalue weighted by Gasteiger charge is 2.25. The minimum Gasteiger partial charge on any atom is -0.357 e. The first-order chi connectivity index (χ1) is 14.6. The lowest BCUT2D eigenvalue weighted by Gasteiger charge is -2.36. The fourth-order valence-electron chi connectivity index (χ4n) is 4.32. The van der Waals surface area contributed by atoms with E-state index in [0.717, 1.165) is 50.8 Å². The number of benzene rings is 1. The molecule has 2 aliphatic rings. The van der Waals surface area contributed by atoms with Gasteiger partial charge in [-0.3, -0.25) is 9.79 Å². The van der Waals surface area contributed by atoms with Gasteiger partial charge in [0, 0.05) is 50.8 Å². The first kappa shape index (κ1) is 22.9. The van der Waals surface area contributed by atoms with Crippen molar-refractivity contribution in [3.63, 3.8) is 0 Å². The molecule has 166 valence electrons. The number of rotatable bonds is 7. The van der Waals surface area contributed by atoms with E-state index in [4.69, 9.17) is 16.6 Å². The van der Waals surface area contributed by atoms with Gasteiger partial charge in [0.2, 0.25) is 5.91 Å². The number of halogens is 1. The van der Waals surface area contributed by atoms with Crippen molar-refractivity contribution in [1.82, 2.24) is 20.0 Å². The highest BCUT2D eigenvalue weighted by Crippen LogP contribution is 2.17. The molecular formula is C23H36ClN5O. The lowest BCUT2D eigenvalue weighted by molar-refractivity contribution is -0.131. The van der Waals surface area contributed by atoms with Gasteiger partial charge in [0.1, 0.15) is 0 Å². The number of hydrogen-bond donors (Lipinski definition) is 1. The zero-order valence-electron chi connectivity index (χ0n) is 18.4. The number of guanidine groups is 1. The number of carbonyl (C=O) groups is 1. The lowest BCUT2D eigenvalue weighted by atomic mass is 10.1. The third-order valence-corrected chi connectivity index (χ3v) is 6.16. The fourth-order valence-corrected chi connectivity index (χ4v) is 4.54. The molecule has 3 rings (SSSR count). The van der Waals surface area contributed by atoms with Crippen LogP contribution in [-0.2, 0) is 11.2 Å². The average Bonchev–Trinajstić information content (AvgIpc) is 3.19. The summed E-state index contributed by atoms with van der Waals surface area (Å²) in [5, 5.41) is 4.12. The van der Waals surface area contributed by atoms with Gasteiger partial charge in [0.25, 0.3) is 0 Å². The predicted octanol–water partition coefficient (Wildman–Crippen LogP) is 2.72. The molecule has 1 aromatic rings. The molecule has 1 amide bonds. The SMILES string of the molecule is CCCN1CCC(CN=C(NCC)N2CCN(C(=O)Cc3cccc(Cl)c3)CC2)C1. The van der Waals surface area contributed by atoms with Crippen molar-refractivity contribution in [2.75, 3.05) is 58.9 Å². The molecule has 2 fully saturated rings. The van der Waals surface area contributed by atoms with Gasteiger partial charge in [-0.15, -0.1) is 0 Å². The van der Waals surface area contributed by atoms with E-state index in [1.165, 1.54) is 32.5 Å². The quantitative estimate of drug-likeness (QED) is 0.530. The van der Waals surface area contributed by atoms with Crippen LogP contribution in [0.3, 0.4) is 0 Å². The standard InChI is InChI=1S/C23H36ClN5O/c1-3-9-27-10-8-20(18-27)17-26-23(25-4-2)29-13-11-28(12-14-29)22(30)16-19-6-5-7-21(24)15-19/h5-7,15,20H,3-4,8-14,16-18H2,1-2H3,(H,25,26). The van der Waals surface area contributed by atoms with Crippen LogP contribution in [0.4, 0.5) is 0 Å². The van der Waals surface area contributed by atoms with Crippen LogP contribution >= 0.6 is 11.6 Å². The third kappa shape index (κ3) is 6.61. The summed E-state index contributed by atoms with van der Waals surface area (Å²) in [6, 6.07) is 7.56. The Balaban J connectivity index is 1.49. The first-order valence-electron chi connectivity index (χ1n) is 11.4. The molecule has 0 aliphatic carbocycles. The zero-order valence-corrected chi connectivity index (χ0v) is 19.2. The average molecular weight is 434 g/mol. The van der Waals surface area contributed by atoms with Gasteiger partial charge >= 0.3 is 0 Å². The molecule has 0 radical (unpaired) electrons. The van der Waals surface area contributed by atoms with E-state index in [2.05, 4.69) is 29.0 Å². The maximum Gasteiger partial charge on any atom is 0.227 e. The molecule has 1 N–H and O–H groups in total. The summed E-state index contributed by atoms with van der Waals surface area (Å²) in [6.07, 6.45) is 2.87.